The van der Waals surface area contributed by atoms with Crippen LogP contribution in [0, 0.1) is 0 Å². The van der Waals surface area contributed by atoms with Crippen molar-refractivity contribution in [2.75, 3.05) is 13.1 Å². The lowest BCUT2D eigenvalue weighted by Crippen LogP contribution is -2.42. The number of carbonyl (C=O) groups is 1. The van der Waals surface area contributed by atoms with E-state index >= 15 is 0 Å². The van der Waals surface area contributed by atoms with Crippen molar-refractivity contribution in [3.63, 3.8) is 0 Å². The van der Waals surface area contributed by atoms with Gasteiger partial charge < -0.3 is 10.6 Å². The fourth-order valence-corrected chi connectivity index (χ4v) is 3.12. The predicted octanol–water partition coefficient (Wildman–Crippen LogP) is 1.51. The summed E-state index contributed by atoms with van der Waals surface area (Å²) in [6.07, 6.45) is 7.04. The average Bonchev–Trinajstić information content (AvgIpc) is 3.02. The number of nitrogens with zero attached hydrogens (tertiary/aromatic N) is 4. The summed E-state index contributed by atoms with van der Waals surface area (Å²) in [5.74, 6) is -0.161. The molecule has 128 valence electrons. The summed E-state index contributed by atoms with van der Waals surface area (Å²) in [5.41, 5.74) is 2.92. The summed E-state index contributed by atoms with van der Waals surface area (Å²) in [6.45, 7) is 1.87. The van der Waals surface area contributed by atoms with Crippen molar-refractivity contribution in [2.24, 2.45) is 7.05 Å². The third-order valence-corrected chi connectivity index (χ3v) is 4.48. The summed E-state index contributed by atoms with van der Waals surface area (Å²) < 4.78 is 1.79. The van der Waals surface area contributed by atoms with Gasteiger partial charge in [0.05, 0.1) is 23.6 Å². The van der Waals surface area contributed by atoms with Gasteiger partial charge in [0.1, 0.15) is 5.69 Å². The number of fused-ring (bicyclic) bond motifs is 1. The molecule has 1 amide bonds. The standard InChI is InChI=1S/C18H20N6O/c1-24-11-13-3-2-12(8-15(13)23-24)16-9-21-17(10-20-16)18(25)22-14-4-6-19-7-5-14/h2-3,8-11,14,19H,4-7H2,1H3,(H,22,25). The molecule has 25 heavy (non-hydrogen) atoms. The molecule has 0 bridgehead atoms. The van der Waals surface area contributed by atoms with Gasteiger partial charge in [-0.1, -0.05) is 12.1 Å². The van der Waals surface area contributed by atoms with Crippen LogP contribution in [0.5, 0.6) is 0 Å². The summed E-state index contributed by atoms with van der Waals surface area (Å²) in [4.78, 5) is 21.0. The average molecular weight is 336 g/mol. The third-order valence-electron chi connectivity index (χ3n) is 4.48. The minimum atomic E-state index is -0.161. The number of hydrogen-bond acceptors (Lipinski definition) is 5. The van der Waals surface area contributed by atoms with Crippen molar-refractivity contribution in [2.45, 2.75) is 18.9 Å². The summed E-state index contributed by atoms with van der Waals surface area (Å²) >= 11 is 0. The van der Waals surface area contributed by atoms with Gasteiger partial charge in [0.2, 0.25) is 0 Å². The first-order chi connectivity index (χ1) is 12.2. The Morgan fingerprint density at radius 2 is 2.08 bits per heavy atom. The van der Waals surface area contributed by atoms with Crippen LogP contribution in [-0.2, 0) is 7.05 Å². The third kappa shape index (κ3) is 3.36. The molecule has 0 atom stereocenters. The van der Waals surface area contributed by atoms with E-state index in [4.69, 9.17) is 0 Å². The molecule has 0 unspecified atom stereocenters. The fraction of sp³-hybridized carbons (Fsp3) is 0.333. The number of aryl methyl sites for hydroxylation is 1. The van der Waals surface area contributed by atoms with E-state index in [2.05, 4.69) is 25.7 Å². The summed E-state index contributed by atoms with van der Waals surface area (Å²) in [5, 5.41) is 11.8. The highest BCUT2D eigenvalue weighted by atomic mass is 16.1. The normalized spacial score (nSPS) is 15.4. The van der Waals surface area contributed by atoms with E-state index in [0.29, 0.717) is 5.69 Å². The summed E-state index contributed by atoms with van der Waals surface area (Å²) in [6, 6.07) is 6.19. The lowest BCUT2D eigenvalue weighted by molar-refractivity contribution is 0.0924. The second-order valence-corrected chi connectivity index (χ2v) is 6.36. The maximum Gasteiger partial charge on any atom is 0.271 e. The zero-order valence-electron chi connectivity index (χ0n) is 14.1. The quantitative estimate of drug-likeness (QED) is 0.757. The molecule has 0 saturated carbocycles. The minimum Gasteiger partial charge on any atom is -0.348 e. The molecule has 7 heteroatoms. The number of aromatic nitrogens is 4. The van der Waals surface area contributed by atoms with E-state index in [0.717, 1.165) is 48.1 Å². The van der Waals surface area contributed by atoms with Crippen LogP contribution in [0.15, 0.2) is 36.8 Å². The van der Waals surface area contributed by atoms with Gasteiger partial charge in [-0.25, -0.2) is 4.98 Å². The predicted molar refractivity (Wildman–Crippen MR) is 95.1 cm³/mol. The number of piperidine rings is 1. The van der Waals surface area contributed by atoms with Gasteiger partial charge in [0.15, 0.2) is 0 Å². The number of benzene rings is 1. The monoisotopic (exact) mass is 336 g/mol. The lowest BCUT2D eigenvalue weighted by atomic mass is 10.1. The Hall–Kier alpha value is -2.80. The molecule has 2 N–H and O–H groups in total. The number of carbonyl (C=O) groups excluding carboxylic acids is 1. The molecule has 1 aliphatic rings. The number of amides is 1. The van der Waals surface area contributed by atoms with Crippen molar-refractivity contribution >= 4 is 16.8 Å². The molecule has 7 nitrogen and oxygen atoms in total. The minimum absolute atomic E-state index is 0.161. The largest absolute Gasteiger partial charge is 0.348 e. The highest BCUT2D eigenvalue weighted by Gasteiger charge is 2.17. The molecule has 0 aliphatic carbocycles. The second kappa shape index (κ2) is 6.60. The van der Waals surface area contributed by atoms with Gasteiger partial charge in [-0.2, -0.15) is 5.10 Å². The van der Waals surface area contributed by atoms with Crippen LogP contribution in [-0.4, -0.2) is 44.8 Å². The molecule has 0 radical (unpaired) electrons. The maximum atomic E-state index is 12.3. The van der Waals surface area contributed by atoms with E-state index in [-0.39, 0.29) is 11.9 Å². The Morgan fingerprint density at radius 3 is 2.84 bits per heavy atom. The molecule has 0 spiro atoms. The molecule has 1 fully saturated rings. The molecular weight excluding hydrogens is 316 g/mol. The van der Waals surface area contributed by atoms with Crippen molar-refractivity contribution in [1.29, 1.82) is 0 Å². The Morgan fingerprint density at radius 1 is 1.24 bits per heavy atom. The van der Waals surface area contributed by atoms with Gasteiger partial charge >= 0.3 is 0 Å². The van der Waals surface area contributed by atoms with Gasteiger partial charge in [-0.05, 0) is 32.0 Å². The molecule has 1 saturated heterocycles. The van der Waals surface area contributed by atoms with E-state index in [9.17, 15) is 4.79 Å². The van der Waals surface area contributed by atoms with E-state index in [1.807, 2.05) is 31.4 Å². The van der Waals surface area contributed by atoms with Crippen LogP contribution in [0.4, 0.5) is 0 Å². The Bertz CT molecular complexity index is 896. The molecule has 3 aromatic rings. The first kappa shape index (κ1) is 15.7. The van der Waals surface area contributed by atoms with Crippen LogP contribution in [0.1, 0.15) is 23.3 Å². The maximum absolute atomic E-state index is 12.3. The first-order valence-corrected chi connectivity index (χ1v) is 8.46. The topological polar surface area (TPSA) is 84.7 Å². The van der Waals surface area contributed by atoms with Crippen molar-refractivity contribution in [1.82, 2.24) is 30.4 Å². The Kier molecular flexibility index (Phi) is 4.15. The second-order valence-electron chi connectivity index (χ2n) is 6.36. The van der Waals surface area contributed by atoms with Crippen molar-refractivity contribution in [3.8, 4) is 11.3 Å². The first-order valence-electron chi connectivity index (χ1n) is 8.46. The van der Waals surface area contributed by atoms with Crippen LogP contribution in [0.2, 0.25) is 0 Å². The van der Waals surface area contributed by atoms with Gasteiger partial charge in [0, 0.05) is 30.2 Å². The highest BCUT2D eigenvalue weighted by Crippen LogP contribution is 2.21. The zero-order chi connectivity index (χ0) is 17.2. The van der Waals surface area contributed by atoms with Crippen molar-refractivity contribution in [3.05, 3.63) is 42.5 Å². The smallest absolute Gasteiger partial charge is 0.271 e. The Labute approximate surface area is 145 Å². The van der Waals surface area contributed by atoms with Gasteiger partial charge in [-0.3, -0.25) is 14.5 Å². The number of hydrogen-bond donors (Lipinski definition) is 2. The SMILES string of the molecule is Cn1cc2ccc(-c3cnc(C(=O)NC4CCNCC4)cn3)cc2n1. The lowest BCUT2D eigenvalue weighted by Gasteiger charge is -2.23. The molecule has 2 aromatic heterocycles. The van der Waals surface area contributed by atoms with Gasteiger partial charge in [0.25, 0.3) is 5.91 Å². The molecule has 1 aromatic carbocycles. The van der Waals surface area contributed by atoms with Crippen LogP contribution < -0.4 is 10.6 Å². The fourth-order valence-electron chi connectivity index (χ4n) is 3.12. The number of rotatable bonds is 3. The van der Waals surface area contributed by atoms with E-state index in [1.54, 1.807) is 10.9 Å². The van der Waals surface area contributed by atoms with Crippen LogP contribution in [0.3, 0.4) is 0 Å². The Balaban J connectivity index is 1.51. The molecule has 4 rings (SSSR count). The van der Waals surface area contributed by atoms with Gasteiger partial charge in [-0.15, -0.1) is 0 Å². The van der Waals surface area contributed by atoms with Crippen molar-refractivity contribution < 1.29 is 4.79 Å². The van der Waals surface area contributed by atoms with Crippen LogP contribution in [0.25, 0.3) is 22.2 Å². The summed E-state index contributed by atoms with van der Waals surface area (Å²) in [7, 11) is 1.90. The van der Waals surface area contributed by atoms with Crippen LogP contribution >= 0.6 is 0 Å². The van der Waals surface area contributed by atoms with E-state index < -0.39 is 0 Å². The zero-order valence-corrected chi connectivity index (χ0v) is 14.1. The number of nitrogens with one attached hydrogen (secondary N) is 2. The molecule has 1 aliphatic heterocycles. The highest BCUT2D eigenvalue weighted by molar-refractivity contribution is 5.92. The van der Waals surface area contributed by atoms with E-state index in [1.165, 1.54) is 6.20 Å². The molecular formula is C18H20N6O. The molecule has 3 heterocycles.